The summed E-state index contributed by atoms with van der Waals surface area (Å²) in [4.78, 5) is 19.5. The third-order valence-electron chi connectivity index (χ3n) is 6.59. The van der Waals surface area contributed by atoms with Gasteiger partial charge in [-0.1, -0.05) is 36.8 Å². The zero-order valence-corrected chi connectivity index (χ0v) is 15.6. The molecule has 1 saturated carbocycles. The van der Waals surface area contributed by atoms with Gasteiger partial charge >= 0.3 is 6.09 Å². The van der Waals surface area contributed by atoms with Gasteiger partial charge in [0.05, 0.1) is 17.2 Å². The molecule has 6 nitrogen and oxygen atoms in total. The first-order valence-electron chi connectivity index (χ1n) is 9.83. The van der Waals surface area contributed by atoms with Gasteiger partial charge in [0.1, 0.15) is 12.4 Å². The summed E-state index contributed by atoms with van der Waals surface area (Å²) < 4.78 is 11.5. The Morgan fingerprint density at radius 3 is 2.78 bits per heavy atom. The molecule has 142 valence electrons. The molecule has 2 saturated heterocycles. The zero-order chi connectivity index (χ0) is 18.4. The summed E-state index contributed by atoms with van der Waals surface area (Å²) in [6.45, 7) is 3.95. The van der Waals surface area contributed by atoms with E-state index in [1.807, 2.05) is 30.0 Å². The molecule has 1 aromatic carbocycles. The Morgan fingerprint density at radius 1 is 1.30 bits per heavy atom. The van der Waals surface area contributed by atoms with Crippen LogP contribution in [0.3, 0.4) is 0 Å². The van der Waals surface area contributed by atoms with Crippen LogP contribution in [0, 0.1) is 12.8 Å². The number of benzene rings is 1. The highest BCUT2D eigenvalue weighted by Gasteiger charge is 2.63. The number of ether oxygens (including phenoxy) is 1. The molecule has 3 heterocycles. The molecule has 5 rings (SSSR count). The number of aryl methyl sites for hydroxylation is 1. The zero-order valence-electron chi connectivity index (χ0n) is 15.6. The van der Waals surface area contributed by atoms with E-state index in [2.05, 4.69) is 22.4 Å². The molecule has 2 aliphatic heterocycles. The van der Waals surface area contributed by atoms with Crippen LogP contribution in [-0.2, 0) is 11.3 Å². The van der Waals surface area contributed by atoms with Crippen molar-refractivity contribution in [3.05, 3.63) is 53.7 Å². The van der Waals surface area contributed by atoms with Gasteiger partial charge in [-0.15, -0.1) is 0 Å². The molecule has 3 aliphatic rings. The third kappa shape index (κ3) is 2.57. The molecule has 3 unspecified atom stereocenters. The van der Waals surface area contributed by atoms with Crippen LogP contribution < -0.4 is 5.32 Å². The molecule has 3 atom stereocenters. The number of piperidine rings is 1. The highest BCUT2D eigenvalue weighted by Crippen LogP contribution is 2.51. The molecule has 0 spiro atoms. The fraction of sp³-hybridized carbons (Fsp3) is 0.524. The van der Waals surface area contributed by atoms with Crippen LogP contribution in [0.25, 0.3) is 0 Å². The first-order chi connectivity index (χ1) is 13.2. The Labute approximate surface area is 158 Å². The molecular weight excluding hydrogens is 342 g/mol. The SMILES string of the molecule is Cc1nc(C2CNCC3(C4CCC4)C2OC(=O)N3Cc2ccccc2)co1. The first-order valence-corrected chi connectivity index (χ1v) is 9.83. The quantitative estimate of drug-likeness (QED) is 0.899. The van der Waals surface area contributed by atoms with E-state index in [1.165, 1.54) is 6.42 Å². The Kier molecular flexibility index (Phi) is 3.97. The van der Waals surface area contributed by atoms with Crippen molar-refractivity contribution in [2.45, 2.75) is 50.3 Å². The maximum absolute atomic E-state index is 13.0. The second-order valence-corrected chi connectivity index (χ2v) is 8.02. The minimum atomic E-state index is -0.319. The lowest BCUT2D eigenvalue weighted by molar-refractivity contribution is -0.0262. The predicted octanol–water partition coefficient (Wildman–Crippen LogP) is 3.23. The number of nitrogens with one attached hydrogen (secondary N) is 1. The minimum Gasteiger partial charge on any atom is -0.449 e. The van der Waals surface area contributed by atoms with Gasteiger partial charge in [0, 0.05) is 26.6 Å². The summed E-state index contributed by atoms with van der Waals surface area (Å²) in [7, 11) is 0. The van der Waals surface area contributed by atoms with Gasteiger partial charge in [-0.2, -0.15) is 0 Å². The number of fused-ring (bicyclic) bond motifs is 1. The number of carbonyl (C=O) groups excluding carboxylic acids is 1. The lowest BCUT2D eigenvalue weighted by Crippen LogP contribution is -2.68. The first kappa shape index (κ1) is 16.8. The molecule has 3 fully saturated rings. The van der Waals surface area contributed by atoms with E-state index in [0.29, 0.717) is 18.4 Å². The number of rotatable bonds is 4. The van der Waals surface area contributed by atoms with Crippen molar-refractivity contribution in [3.8, 4) is 0 Å². The van der Waals surface area contributed by atoms with Gasteiger partial charge < -0.3 is 14.5 Å². The Balaban J connectivity index is 1.53. The van der Waals surface area contributed by atoms with E-state index < -0.39 is 0 Å². The summed E-state index contributed by atoms with van der Waals surface area (Å²) in [6, 6.07) is 10.2. The third-order valence-corrected chi connectivity index (χ3v) is 6.59. The van der Waals surface area contributed by atoms with E-state index in [9.17, 15) is 4.79 Å². The van der Waals surface area contributed by atoms with Crippen molar-refractivity contribution in [2.75, 3.05) is 13.1 Å². The largest absolute Gasteiger partial charge is 0.449 e. The highest BCUT2D eigenvalue weighted by atomic mass is 16.6. The Bertz CT molecular complexity index is 832. The van der Waals surface area contributed by atoms with Gasteiger partial charge in [0.25, 0.3) is 0 Å². The Hall–Kier alpha value is -2.34. The van der Waals surface area contributed by atoms with Crippen molar-refractivity contribution in [1.29, 1.82) is 0 Å². The number of amides is 1. The van der Waals surface area contributed by atoms with Crippen molar-refractivity contribution in [1.82, 2.24) is 15.2 Å². The molecule has 1 amide bonds. The smallest absolute Gasteiger partial charge is 0.411 e. The summed E-state index contributed by atoms with van der Waals surface area (Å²) in [5.74, 6) is 1.12. The second kappa shape index (κ2) is 6.37. The molecule has 1 N–H and O–H groups in total. The predicted molar refractivity (Wildman–Crippen MR) is 99.2 cm³/mol. The topological polar surface area (TPSA) is 67.6 Å². The fourth-order valence-electron chi connectivity index (χ4n) is 5.05. The summed E-state index contributed by atoms with van der Waals surface area (Å²) in [6.07, 6.45) is 4.83. The van der Waals surface area contributed by atoms with E-state index in [-0.39, 0.29) is 23.7 Å². The Morgan fingerprint density at radius 2 is 2.11 bits per heavy atom. The molecule has 2 aromatic rings. The molecule has 1 aliphatic carbocycles. The van der Waals surface area contributed by atoms with E-state index >= 15 is 0 Å². The average molecular weight is 367 g/mol. The molecule has 27 heavy (non-hydrogen) atoms. The normalized spacial score (nSPS) is 30.7. The fourth-order valence-corrected chi connectivity index (χ4v) is 5.05. The maximum Gasteiger partial charge on any atom is 0.411 e. The van der Waals surface area contributed by atoms with E-state index in [4.69, 9.17) is 9.15 Å². The van der Waals surface area contributed by atoms with Crippen LogP contribution in [0.2, 0.25) is 0 Å². The van der Waals surface area contributed by atoms with Gasteiger partial charge in [0.15, 0.2) is 5.89 Å². The van der Waals surface area contributed by atoms with Crippen LogP contribution in [0.4, 0.5) is 4.79 Å². The second-order valence-electron chi connectivity index (χ2n) is 8.02. The number of hydrogen-bond acceptors (Lipinski definition) is 5. The molecule has 6 heteroatoms. The molecule has 0 radical (unpaired) electrons. The van der Waals surface area contributed by atoms with Crippen LogP contribution in [-0.4, -0.2) is 40.7 Å². The van der Waals surface area contributed by atoms with Crippen LogP contribution in [0.1, 0.15) is 42.3 Å². The summed E-state index contributed by atoms with van der Waals surface area (Å²) in [5.41, 5.74) is 1.69. The van der Waals surface area contributed by atoms with Gasteiger partial charge in [-0.05, 0) is 24.3 Å². The van der Waals surface area contributed by atoms with Crippen LogP contribution >= 0.6 is 0 Å². The van der Waals surface area contributed by atoms with E-state index in [0.717, 1.165) is 37.2 Å². The molecule has 1 aromatic heterocycles. The minimum absolute atomic E-state index is 0.0153. The van der Waals surface area contributed by atoms with Gasteiger partial charge in [0.2, 0.25) is 0 Å². The van der Waals surface area contributed by atoms with Crippen LogP contribution in [0.5, 0.6) is 0 Å². The average Bonchev–Trinajstić information content (AvgIpc) is 3.17. The standard InChI is InChI=1S/C21H25N3O3/c1-14-23-18(12-26-14)17-10-22-13-21(16-8-5-9-16)19(17)27-20(25)24(21)11-15-6-3-2-4-7-15/h2-4,6-7,12,16-17,19,22H,5,8-11,13H2,1H3. The number of carbonyl (C=O) groups is 1. The number of aromatic nitrogens is 1. The lowest BCUT2D eigenvalue weighted by atomic mass is 9.63. The van der Waals surface area contributed by atoms with Crippen molar-refractivity contribution < 1.29 is 13.9 Å². The number of oxazole rings is 1. The van der Waals surface area contributed by atoms with E-state index in [1.54, 1.807) is 6.26 Å². The van der Waals surface area contributed by atoms with Crippen molar-refractivity contribution in [2.24, 2.45) is 5.92 Å². The monoisotopic (exact) mass is 367 g/mol. The van der Waals surface area contributed by atoms with Crippen molar-refractivity contribution >= 4 is 6.09 Å². The van der Waals surface area contributed by atoms with Gasteiger partial charge in [-0.3, -0.25) is 4.90 Å². The number of nitrogens with zero attached hydrogens (tertiary/aromatic N) is 2. The van der Waals surface area contributed by atoms with Crippen LogP contribution in [0.15, 0.2) is 41.0 Å². The van der Waals surface area contributed by atoms with Gasteiger partial charge in [-0.25, -0.2) is 9.78 Å². The van der Waals surface area contributed by atoms with Crippen molar-refractivity contribution in [3.63, 3.8) is 0 Å². The maximum atomic E-state index is 13.0. The molecular formula is C21H25N3O3. The molecule has 0 bridgehead atoms. The lowest BCUT2D eigenvalue weighted by Gasteiger charge is -2.52. The number of hydrogen-bond donors (Lipinski definition) is 1. The summed E-state index contributed by atoms with van der Waals surface area (Å²) in [5, 5.41) is 3.58. The highest BCUT2D eigenvalue weighted by molar-refractivity contribution is 5.73. The summed E-state index contributed by atoms with van der Waals surface area (Å²) >= 11 is 0.